The van der Waals surface area contributed by atoms with Crippen molar-refractivity contribution < 1.29 is 9.18 Å². The summed E-state index contributed by atoms with van der Waals surface area (Å²) in [5.74, 6) is -0.631. The number of hydrogen-bond acceptors (Lipinski definition) is 2. The third-order valence-corrected chi connectivity index (χ3v) is 3.70. The van der Waals surface area contributed by atoms with Crippen LogP contribution in [0.4, 0.5) is 10.1 Å². The topological polar surface area (TPSA) is 44.1 Å². The highest BCUT2D eigenvalue weighted by atomic mass is 19.1. The van der Waals surface area contributed by atoms with E-state index in [1.165, 1.54) is 22.6 Å². The predicted octanol–water partition coefficient (Wildman–Crippen LogP) is 4.20. The Kier molecular flexibility index (Phi) is 5.48. The number of anilines is 1. The molecule has 23 heavy (non-hydrogen) atoms. The molecule has 0 fully saturated rings. The summed E-state index contributed by atoms with van der Waals surface area (Å²) < 4.78 is 13.7. The average molecular weight is 310 g/mol. The fraction of sp³-hybridized carbons (Fsp3) is 0.263. The van der Waals surface area contributed by atoms with Gasteiger partial charge >= 0.3 is 0 Å². The van der Waals surface area contributed by atoms with E-state index in [1.807, 2.05) is 30.3 Å². The summed E-state index contributed by atoms with van der Waals surface area (Å²) >= 11 is 0. The van der Waals surface area contributed by atoms with E-state index in [4.69, 9.17) is 5.26 Å². The molecule has 3 nitrogen and oxygen atoms in total. The van der Waals surface area contributed by atoms with Crippen LogP contribution in [0.15, 0.2) is 42.5 Å². The highest BCUT2D eigenvalue weighted by Gasteiger charge is 2.16. The highest BCUT2D eigenvalue weighted by molar-refractivity contribution is 5.93. The van der Waals surface area contributed by atoms with Crippen LogP contribution in [0.5, 0.6) is 0 Å². The molecule has 0 unspecified atom stereocenters. The lowest BCUT2D eigenvalue weighted by atomic mass is 10.1. The van der Waals surface area contributed by atoms with E-state index in [0.717, 1.165) is 18.1 Å². The zero-order valence-corrected chi connectivity index (χ0v) is 13.3. The SMILES string of the molecule is CCC(=O)N(Cc1ccc(CC)cc1)c1cc(F)cc(C#N)c1. The molecule has 1 amide bonds. The third-order valence-electron chi connectivity index (χ3n) is 3.70. The summed E-state index contributed by atoms with van der Waals surface area (Å²) in [5, 5.41) is 8.99. The Labute approximate surface area is 136 Å². The molecule has 0 aliphatic carbocycles. The van der Waals surface area contributed by atoms with Gasteiger partial charge in [-0.3, -0.25) is 4.79 Å². The maximum atomic E-state index is 13.7. The molecular weight excluding hydrogens is 291 g/mol. The first-order chi connectivity index (χ1) is 11.1. The molecule has 118 valence electrons. The standard InChI is InChI=1S/C19H19FN2O/c1-3-14-5-7-15(8-6-14)13-22(19(23)4-2)18-10-16(12-21)9-17(20)11-18/h5-11H,3-4,13H2,1-2H3. The lowest BCUT2D eigenvalue weighted by molar-refractivity contribution is -0.118. The molecule has 0 saturated carbocycles. The normalized spacial score (nSPS) is 10.2. The molecule has 0 N–H and O–H groups in total. The number of amides is 1. The van der Waals surface area contributed by atoms with E-state index in [1.54, 1.807) is 6.92 Å². The second-order valence-corrected chi connectivity index (χ2v) is 5.31. The molecule has 2 aromatic rings. The summed E-state index contributed by atoms with van der Waals surface area (Å²) in [6, 6.07) is 13.9. The van der Waals surface area contributed by atoms with Crippen LogP contribution in [0, 0.1) is 17.1 Å². The van der Waals surface area contributed by atoms with Crippen molar-refractivity contribution in [3.63, 3.8) is 0 Å². The van der Waals surface area contributed by atoms with E-state index in [0.29, 0.717) is 18.7 Å². The van der Waals surface area contributed by atoms with Gasteiger partial charge < -0.3 is 4.90 Å². The quantitative estimate of drug-likeness (QED) is 0.830. The van der Waals surface area contributed by atoms with Gasteiger partial charge in [0.05, 0.1) is 18.2 Å². The van der Waals surface area contributed by atoms with Gasteiger partial charge in [-0.05, 0) is 35.7 Å². The van der Waals surface area contributed by atoms with Crippen molar-refractivity contribution >= 4 is 11.6 Å². The van der Waals surface area contributed by atoms with Gasteiger partial charge in [0.15, 0.2) is 0 Å². The summed E-state index contributed by atoms with van der Waals surface area (Å²) in [6.45, 7) is 4.20. The lowest BCUT2D eigenvalue weighted by Gasteiger charge is -2.23. The largest absolute Gasteiger partial charge is 0.308 e. The van der Waals surface area contributed by atoms with Crippen molar-refractivity contribution in [1.82, 2.24) is 0 Å². The minimum absolute atomic E-state index is 0.112. The van der Waals surface area contributed by atoms with Crippen molar-refractivity contribution in [2.24, 2.45) is 0 Å². The van der Waals surface area contributed by atoms with Crippen molar-refractivity contribution in [2.45, 2.75) is 33.2 Å². The number of carbonyl (C=O) groups excluding carboxylic acids is 1. The number of nitrogens with zero attached hydrogens (tertiary/aromatic N) is 2. The van der Waals surface area contributed by atoms with Crippen LogP contribution in [0.1, 0.15) is 37.0 Å². The summed E-state index contributed by atoms with van der Waals surface area (Å²) in [5.41, 5.74) is 2.80. The number of benzene rings is 2. The Balaban J connectivity index is 2.35. The van der Waals surface area contributed by atoms with Crippen molar-refractivity contribution in [3.05, 3.63) is 65.0 Å². The van der Waals surface area contributed by atoms with E-state index >= 15 is 0 Å². The number of rotatable bonds is 5. The second-order valence-electron chi connectivity index (χ2n) is 5.31. The maximum Gasteiger partial charge on any atom is 0.227 e. The Bertz CT molecular complexity index is 732. The van der Waals surface area contributed by atoms with Gasteiger partial charge in [0.1, 0.15) is 5.82 Å². The van der Waals surface area contributed by atoms with Gasteiger partial charge in [-0.1, -0.05) is 38.1 Å². The van der Waals surface area contributed by atoms with Gasteiger partial charge in [0.2, 0.25) is 5.91 Å². The number of carbonyl (C=O) groups is 1. The fourth-order valence-electron chi connectivity index (χ4n) is 2.37. The molecule has 0 atom stereocenters. The van der Waals surface area contributed by atoms with Crippen LogP contribution in [0.25, 0.3) is 0 Å². The van der Waals surface area contributed by atoms with Gasteiger partial charge in [0, 0.05) is 12.1 Å². The summed E-state index contributed by atoms with van der Waals surface area (Å²) in [4.78, 5) is 13.8. The van der Waals surface area contributed by atoms with Crippen LogP contribution in [-0.4, -0.2) is 5.91 Å². The van der Waals surface area contributed by atoms with Crippen molar-refractivity contribution in [3.8, 4) is 6.07 Å². The summed E-state index contributed by atoms with van der Waals surface area (Å²) in [7, 11) is 0. The smallest absolute Gasteiger partial charge is 0.227 e. The van der Waals surface area contributed by atoms with Crippen LogP contribution < -0.4 is 4.90 Å². The van der Waals surface area contributed by atoms with Gasteiger partial charge in [-0.25, -0.2) is 4.39 Å². The van der Waals surface area contributed by atoms with Gasteiger partial charge in [0.25, 0.3) is 0 Å². The number of hydrogen-bond donors (Lipinski definition) is 0. The van der Waals surface area contributed by atoms with E-state index in [-0.39, 0.29) is 11.5 Å². The Morgan fingerprint density at radius 2 is 1.78 bits per heavy atom. The fourth-order valence-corrected chi connectivity index (χ4v) is 2.37. The first kappa shape index (κ1) is 16.7. The molecule has 2 rings (SSSR count). The molecule has 0 heterocycles. The molecule has 0 radical (unpaired) electrons. The van der Waals surface area contributed by atoms with Gasteiger partial charge in [-0.15, -0.1) is 0 Å². The molecule has 4 heteroatoms. The van der Waals surface area contributed by atoms with E-state index in [9.17, 15) is 9.18 Å². The van der Waals surface area contributed by atoms with Crippen LogP contribution in [-0.2, 0) is 17.8 Å². The molecule has 0 bridgehead atoms. The zero-order chi connectivity index (χ0) is 16.8. The summed E-state index contributed by atoms with van der Waals surface area (Å²) in [6.07, 6.45) is 1.26. The Morgan fingerprint density at radius 3 is 2.35 bits per heavy atom. The average Bonchev–Trinajstić information content (AvgIpc) is 2.58. The lowest BCUT2D eigenvalue weighted by Crippen LogP contribution is -2.29. The highest BCUT2D eigenvalue weighted by Crippen LogP contribution is 2.22. The predicted molar refractivity (Wildman–Crippen MR) is 88.4 cm³/mol. The Morgan fingerprint density at radius 1 is 1.13 bits per heavy atom. The monoisotopic (exact) mass is 310 g/mol. The van der Waals surface area contributed by atoms with Crippen LogP contribution in [0.3, 0.4) is 0 Å². The third kappa shape index (κ3) is 4.17. The van der Waals surface area contributed by atoms with Crippen molar-refractivity contribution in [1.29, 1.82) is 5.26 Å². The molecule has 0 aliphatic heterocycles. The van der Waals surface area contributed by atoms with Crippen LogP contribution in [0.2, 0.25) is 0 Å². The van der Waals surface area contributed by atoms with E-state index < -0.39 is 5.82 Å². The number of halogens is 1. The molecule has 0 aliphatic rings. The second kappa shape index (κ2) is 7.55. The first-order valence-electron chi connectivity index (χ1n) is 7.66. The molecule has 0 saturated heterocycles. The van der Waals surface area contributed by atoms with Gasteiger partial charge in [-0.2, -0.15) is 5.26 Å². The zero-order valence-electron chi connectivity index (χ0n) is 13.3. The maximum absolute atomic E-state index is 13.7. The Hall–Kier alpha value is -2.67. The van der Waals surface area contributed by atoms with E-state index in [2.05, 4.69) is 6.92 Å². The number of aryl methyl sites for hydroxylation is 1. The molecule has 2 aromatic carbocycles. The minimum atomic E-state index is -0.519. The van der Waals surface area contributed by atoms with Crippen molar-refractivity contribution in [2.75, 3.05) is 4.90 Å². The molecular formula is C19H19FN2O. The number of nitriles is 1. The molecule has 0 spiro atoms. The first-order valence-corrected chi connectivity index (χ1v) is 7.66. The minimum Gasteiger partial charge on any atom is -0.308 e. The van der Waals surface area contributed by atoms with Crippen LogP contribution >= 0.6 is 0 Å². The molecule has 0 aromatic heterocycles.